The second kappa shape index (κ2) is 2.81. The molecule has 0 radical (unpaired) electrons. The van der Waals surface area contributed by atoms with Crippen molar-refractivity contribution in [3.63, 3.8) is 0 Å². The quantitative estimate of drug-likeness (QED) is 0.594. The Hall–Kier alpha value is 0.0200. The predicted octanol–water partition coefficient (Wildman–Crippen LogP) is 1.62. The highest BCUT2D eigenvalue weighted by molar-refractivity contribution is 7.99. The van der Waals surface area contributed by atoms with Gasteiger partial charge in [-0.15, -0.1) is 0 Å². The molecule has 0 aromatic heterocycles. The molecule has 0 aromatic carbocycles. The monoisotopic (exact) mass is 174 g/mol. The van der Waals surface area contributed by atoms with Crippen LogP contribution in [-0.2, 0) is 9.52 Å². The maximum Gasteiger partial charge on any atom is 0.0187 e. The first-order chi connectivity index (χ1) is 4.90. The summed E-state index contributed by atoms with van der Waals surface area (Å²) in [7, 11) is -1.73. The lowest BCUT2D eigenvalue weighted by Gasteiger charge is -2.03. The number of hydrogen-bond acceptors (Lipinski definition) is 1. The molecule has 1 aliphatic carbocycles. The first kappa shape index (κ1) is 9.11. The lowest BCUT2D eigenvalue weighted by molar-refractivity contribution is 0.531. The van der Waals surface area contributed by atoms with Gasteiger partial charge in [0.1, 0.15) is 0 Å². The molecule has 3 unspecified atom stereocenters. The molecule has 0 aliphatic heterocycles. The standard InChI is InChI=1S/C9H18OS/c1-7(2)9-5-8(9)6-11(3,4)10/h7-9H,3,5-6H2,1-2,4H3. The van der Waals surface area contributed by atoms with Crippen molar-refractivity contribution in [1.82, 2.24) is 0 Å². The molecule has 0 bridgehead atoms. The molecule has 11 heavy (non-hydrogen) atoms. The molecule has 3 atom stereocenters. The molecule has 0 N–H and O–H groups in total. The van der Waals surface area contributed by atoms with Crippen LogP contribution in [0.1, 0.15) is 20.3 Å². The van der Waals surface area contributed by atoms with Crippen LogP contribution in [0, 0.1) is 17.8 Å². The van der Waals surface area contributed by atoms with Gasteiger partial charge in [-0.3, -0.25) is 4.21 Å². The zero-order valence-electron chi connectivity index (χ0n) is 7.67. The van der Waals surface area contributed by atoms with E-state index in [0.717, 1.165) is 17.6 Å². The fourth-order valence-corrected chi connectivity index (χ4v) is 3.02. The molecule has 0 saturated heterocycles. The summed E-state index contributed by atoms with van der Waals surface area (Å²) in [4.78, 5) is 0. The molecule has 0 amide bonds. The van der Waals surface area contributed by atoms with E-state index in [1.807, 2.05) is 0 Å². The third-order valence-electron chi connectivity index (χ3n) is 2.40. The van der Waals surface area contributed by atoms with Crippen LogP contribution in [0.25, 0.3) is 0 Å². The topological polar surface area (TPSA) is 17.1 Å². The highest BCUT2D eigenvalue weighted by Crippen LogP contribution is 2.44. The molecule has 1 rings (SSSR count). The van der Waals surface area contributed by atoms with Crippen LogP contribution in [0.3, 0.4) is 0 Å². The van der Waals surface area contributed by atoms with Gasteiger partial charge >= 0.3 is 0 Å². The molecule has 1 saturated carbocycles. The Bertz CT molecular complexity index is 226. The third kappa shape index (κ3) is 2.86. The van der Waals surface area contributed by atoms with Gasteiger partial charge in [-0.2, -0.15) is 0 Å². The maximum atomic E-state index is 11.3. The molecule has 0 heterocycles. The highest BCUT2D eigenvalue weighted by atomic mass is 32.2. The Morgan fingerprint density at radius 3 is 2.45 bits per heavy atom. The summed E-state index contributed by atoms with van der Waals surface area (Å²) in [5.74, 6) is 6.82. The SMILES string of the molecule is C=S(C)(=O)CC1CC1C(C)C. The first-order valence-electron chi connectivity index (χ1n) is 4.20. The average molecular weight is 174 g/mol. The molecule has 2 heteroatoms. The van der Waals surface area contributed by atoms with Crippen LogP contribution in [0.15, 0.2) is 0 Å². The normalized spacial score (nSPS) is 35.3. The molecule has 0 spiro atoms. The summed E-state index contributed by atoms with van der Waals surface area (Å²) >= 11 is 0. The van der Waals surface area contributed by atoms with Gasteiger partial charge in [0.05, 0.1) is 0 Å². The molecular weight excluding hydrogens is 156 g/mol. The van der Waals surface area contributed by atoms with E-state index in [1.54, 1.807) is 6.26 Å². The molecule has 1 fully saturated rings. The fraction of sp³-hybridized carbons (Fsp3) is 0.889. The summed E-state index contributed by atoms with van der Waals surface area (Å²) in [5.41, 5.74) is 0. The van der Waals surface area contributed by atoms with Crippen LogP contribution < -0.4 is 0 Å². The zero-order valence-corrected chi connectivity index (χ0v) is 8.49. The van der Waals surface area contributed by atoms with Gasteiger partial charge in [0.25, 0.3) is 0 Å². The number of hydrogen-bond donors (Lipinski definition) is 0. The highest BCUT2D eigenvalue weighted by Gasteiger charge is 2.39. The molecule has 0 aromatic rings. The van der Waals surface area contributed by atoms with Gasteiger partial charge in [-0.25, -0.2) is 0 Å². The van der Waals surface area contributed by atoms with E-state index < -0.39 is 9.52 Å². The van der Waals surface area contributed by atoms with Crippen molar-refractivity contribution in [1.29, 1.82) is 0 Å². The third-order valence-corrected chi connectivity index (χ3v) is 3.53. The van der Waals surface area contributed by atoms with Crippen LogP contribution in [0.5, 0.6) is 0 Å². The number of rotatable bonds is 3. The summed E-state index contributed by atoms with van der Waals surface area (Å²) in [6.45, 7) is 4.48. The second-order valence-electron chi connectivity index (χ2n) is 4.25. The molecule has 1 nitrogen and oxygen atoms in total. The van der Waals surface area contributed by atoms with E-state index in [-0.39, 0.29) is 0 Å². The molecule has 1 aliphatic rings. The van der Waals surface area contributed by atoms with Gasteiger partial charge in [-0.05, 0) is 39.6 Å². The van der Waals surface area contributed by atoms with Crippen LogP contribution in [0.4, 0.5) is 0 Å². The van der Waals surface area contributed by atoms with Gasteiger partial charge < -0.3 is 0 Å². The van der Waals surface area contributed by atoms with E-state index in [2.05, 4.69) is 19.7 Å². The van der Waals surface area contributed by atoms with Crippen molar-refractivity contribution in [2.24, 2.45) is 17.8 Å². The Morgan fingerprint density at radius 2 is 2.18 bits per heavy atom. The average Bonchev–Trinajstić information content (AvgIpc) is 2.40. The van der Waals surface area contributed by atoms with Crippen molar-refractivity contribution in [3.05, 3.63) is 0 Å². The minimum atomic E-state index is -1.73. The lowest BCUT2D eigenvalue weighted by Crippen LogP contribution is -2.07. The predicted molar refractivity (Wildman–Crippen MR) is 52.5 cm³/mol. The van der Waals surface area contributed by atoms with Crippen molar-refractivity contribution in [3.8, 4) is 0 Å². The van der Waals surface area contributed by atoms with Gasteiger partial charge in [0.2, 0.25) is 0 Å². The fourth-order valence-electron chi connectivity index (χ4n) is 1.73. The van der Waals surface area contributed by atoms with Crippen molar-refractivity contribution in [2.45, 2.75) is 20.3 Å². The molecule has 66 valence electrons. The van der Waals surface area contributed by atoms with Crippen LogP contribution in [0.2, 0.25) is 0 Å². The Kier molecular flexibility index (Phi) is 2.33. The minimum absolute atomic E-state index is 0.713. The second-order valence-corrected chi connectivity index (χ2v) is 6.96. The summed E-state index contributed by atoms with van der Waals surface area (Å²) in [5, 5.41) is 0. The maximum absolute atomic E-state index is 11.3. The van der Waals surface area contributed by atoms with Crippen LogP contribution in [-0.4, -0.2) is 22.1 Å². The smallest absolute Gasteiger partial charge is 0.0187 e. The van der Waals surface area contributed by atoms with Crippen molar-refractivity contribution in [2.75, 3.05) is 12.0 Å². The van der Waals surface area contributed by atoms with Crippen molar-refractivity contribution < 1.29 is 4.21 Å². The summed E-state index contributed by atoms with van der Waals surface area (Å²) < 4.78 is 11.3. The van der Waals surface area contributed by atoms with Crippen LogP contribution >= 0.6 is 0 Å². The summed E-state index contributed by atoms with van der Waals surface area (Å²) in [6.07, 6.45) is 3.04. The Balaban J connectivity index is 2.35. The van der Waals surface area contributed by atoms with E-state index in [0.29, 0.717) is 5.92 Å². The largest absolute Gasteiger partial charge is 0.268 e. The van der Waals surface area contributed by atoms with Crippen molar-refractivity contribution >= 4 is 15.4 Å². The lowest BCUT2D eigenvalue weighted by atomic mass is 10.1. The Morgan fingerprint density at radius 1 is 1.64 bits per heavy atom. The van der Waals surface area contributed by atoms with E-state index in [9.17, 15) is 4.21 Å². The molecular formula is C9H18OS. The van der Waals surface area contributed by atoms with Gasteiger partial charge in [-0.1, -0.05) is 13.8 Å². The van der Waals surface area contributed by atoms with E-state index in [4.69, 9.17) is 0 Å². The van der Waals surface area contributed by atoms with E-state index in [1.165, 1.54) is 6.42 Å². The Labute approximate surface area is 70.2 Å². The minimum Gasteiger partial charge on any atom is -0.268 e. The zero-order chi connectivity index (χ0) is 8.65. The van der Waals surface area contributed by atoms with Gasteiger partial charge in [0.15, 0.2) is 0 Å². The summed E-state index contributed by atoms with van der Waals surface area (Å²) in [6, 6.07) is 0. The first-order valence-corrected chi connectivity index (χ1v) is 6.50. The van der Waals surface area contributed by atoms with E-state index >= 15 is 0 Å². The van der Waals surface area contributed by atoms with Gasteiger partial charge in [0, 0.05) is 12.0 Å².